The van der Waals surface area contributed by atoms with E-state index in [-0.39, 0.29) is 17.9 Å². The second-order valence-electron chi connectivity index (χ2n) is 5.70. The Morgan fingerprint density at radius 1 is 1.48 bits per heavy atom. The van der Waals surface area contributed by atoms with Crippen LogP contribution in [0.2, 0.25) is 0 Å². The standard InChI is InChI=1S/C18H24N2O3/c1-3-13(2)23-16-9-5-4-7-14(16)10-11-17(21)20-15-8-6-12-19-18(15)22/h4-5,7,9-11,13,15H,3,6,8,12H2,1-2H3,(H,19,22)(H,20,21)/b11-10-/t13-,15-/m0/s1. The van der Waals surface area contributed by atoms with Gasteiger partial charge in [0.05, 0.1) is 6.10 Å². The number of hydrogen-bond acceptors (Lipinski definition) is 3. The molecule has 1 aliphatic rings. The van der Waals surface area contributed by atoms with Crippen LogP contribution in [-0.2, 0) is 9.59 Å². The van der Waals surface area contributed by atoms with Gasteiger partial charge in [0.1, 0.15) is 11.8 Å². The fourth-order valence-corrected chi connectivity index (χ4v) is 2.32. The molecule has 1 fully saturated rings. The predicted octanol–water partition coefficient (Wildman–Crippen LogP) is 2.27. The second-order valence-corrected chi connectivity index (χ2v) is 5.70. The molecule has 0 spiro atoms. The molecule has 0 radical (unpaired) electrons. The van der Waals surface area contributed by atoms with Crippen molar-refractivity contribution in [3.63, 3.8) is 0 Å². The summed E-state index contributed by atoms with van der Waals surface area (Å²) in [6, 6.07) is 7.15. The summed E-state index contributed by atoms with van der Waals surface area (Å²) >= 11 is 0. The molecule has 0 aliphatic carbocycles. The third-order valence-electron chi connectivity index (χ3n) is 3.84. The van der Waals surface area contributed by atoms with Gasteiger partial charge in [-0.2, -0.15) is 0 Å². The second kappa shape index (κ2) is 8.36. The van der Waals surface area contributed by atoms with Crippen LogP contribution in [-0.4, -0.2) is 30.5 Å². The zero-order valence-corrected chi connectivity index (χ0v) is 13.7. The number of piperidine rings is 1. The van der Waals surface area contributed by atoms with Crippen molar-refractivity contribution < 1.29 is 14.3 Å². The lowest BCUT2D eigenvalue weighted by molar-refractivity contribution is -0.128. The summed E-state index contributed by atoms with van der Waals surface area (Å²) in [5, 5.41) is 5.48. The quantitative estimate of drug-likeness (QED) is 0.791. The van der Waals surface area contributed by atoms with E-state index in [1.165, 1.54) is 6.08 Å². The number of carbonyl (C=O) groups excluding carboxylic acids is 2. The largest absolute Gasteiger partial charge is 0.490 e. The summed E-state index contributed by atoms with van der Waals surface area (Å²) in [5.74, 6) is 0.366. The molecule has 23 heavy (non-hydrogen) atoms. The summed E-state index contributed by atoms with van der Waals surface area (Å²) in [6.45, 7) is 4.75. The topological polar surface area (TPSA) is 67.4 Å². The van der Waals surface area contributed by atoms with Crippen molar-refractivity contribution in [2.75, 3.05) is 6.54 Å². The molecule has 0 bridgehead atoms. The van der Waals surface area contributed by atoms with Crippen LogP contribution >= 0.6 is 0 Å². The van der Waals surface area contributed by atoms with Crippen molar-refractivity contribution in [3.05, 3.63) is 35.9 Å². The van der Waals surface area contributed by atoms with Crippen LogP contribution in [0.15, 0.2) is 30.3 Å². The Morgan fingerprint density at radius 3 is 3.00 bits per heavy atom. The molecule has 2 rings (SSSR count). The molecule has 1 heterocycles. The lowest BCUT2D eigenvalue weighted by atomic mass is 10.1. The van der Waals surface area contributed by atoms with Gasteiger partial charge in [-0.3, -0.25) is 9.59 Å². The molecule has 0 aromatic heterocycles. The molecular formula is C18H24N2O3. The molecule has 124 valence electrons. The van der Waals surface area contributed by atoms with Crippen molar-refractivity contribution in [1.29, 1.82) is 0 Å². The minimum atomic E-state index is -0.437. The van der Waals surface area contributed by atoms with E-state index in [2.05, 4.69) is 17.6 Å². The maximum absolute atomic E-state index is 12.0. The molecule has 1 saturated heterocycles. The maximum Gasteiger partial charge on any atom is 0.244 e. The third kappa shape index (κ3) is 5.13. The third-order valence-corrected chi connectivity index (χ3v) is 3.84. The average Bonchev–Trinajstić information content (AvgIpc) is 2.56. The van der Waals surface area contributed by atoms with Crippen molar-refractivity contribution in [2.24, 2.45) is 0 Å². The number of para-hydroxylation sites is 1. The van der Waals surface area contributed by atoms with Crippen LogP contribution in [0.25, 0.3) is 6.08 Å². The predicted molar refractivity (Wildman–Crippen MR) is 90.0 cm³/mol. The van der Waals surface area contributed by atoms with Crippen LogP contribution in [0.3, 0.4) is 0 Å². The van der Waals surface area contributed by atoms with E-state index in [0.29, 0.717) is 13.0 Å². The van der Waals surface area contributed by atoms with Crippen LogP contribution in [0.5, 0.6) is 5.75 Å². The first-order valence-corrected chi connectivity index (χ1v) is 8.12. The Kier molecular flexibility index (Phi) is 6.20. The Hall–Kier alpha value is -2.30. The van der Waals surface area contributed by atoms with Crippen LogP contribution in [0, 0.1) is 0 Å². The van der Waals surface area contributed by atoms with Crippen LogP contribution in [0.4, 0.5) is 0 Å². The van der Waals surface area contributed by atoms with Gasteiger partial charge in [-0.1, -0.05) is 25.1 Å². The van der Waals surface area contributed by atoms with Gasteiger partial charge in [0, 0.05) is 18.2 Å². The highest BCUT2D eigenvalue weighted by atomic mass is 16.5. The van der Waals surface area contributed by atoms with Gasteiger partial charge >= 0.3 is 0 Å². The first kappa shape index (κ1) is 17.1. The van der Waals surface area contributed by atoms with E-state index in [0.717, 1.165) is 24.2 Å². The lowest BCUT2D eigenvalue weighted by Crippen LogP contribution is -2.49. The van der Waals surface area contributed by atoms with E-state index in [1.807, 2.05) is 31.2 Å². The Morgan fingerprint density at radius 2 is 2.26 bits per heavy atom. The van der Waals surface area contributed by atoms with Gasteiger partial charge in [0.2, 0.25) is 11.8 Å². The van der Waals surface area contributed by atoms with Gasteiger partial charge in [0.25, 0.3) is 0 Å². The minimum Gasteiger partial charge on any atom is -0.490 e. The molecule has 0 saturated carbocycles. The summed E-state index contributed by atoms with van der Waals surface area (Å²) < 4.78 is 5.85. The van der Waals surface area contributed by atoms with Crippen LogP contribution < -0.4 is 15.4 Å². The molecule has 2 amide bonds. The zero-order valence-electron chi connectivity index (χ0n) is 13.7. The SMILES string of the molecule is CC[C@H](C)Oc1ccccc1/C=C\C(=O)N[C@H]1CCCNC1=O. The zero-order chi connectivity index (χ0) is 16.7. The van der Waals surface area contributed by atoms with E-state index in [1.54, 1.807) is 6.08 Å². The number of hydrogen-bond donors (Lipinski definition) is 2. The Bertz CT molecular complexity index is 583. The van der Waals surface area contributed by atoms with Gasteiger partial charge < -0.3 is 15.4 Å². The average molecular weight is 316 g/mol. The first-order chi connectivity index (χ1) is 11.1. The summed E-state index contributed by atoms with van der Waals surface area (Å²) in [5.41, 5.74) is 0.844. The van der Waals surface area contributed by atoms with Gasteiger partial charge in [0.15, 0.2) is 0 Å². The first-order valence-electron chi connectivity index (χ1n) is 8.12. The van der Waals surface area contributed by atoms with Crippen molar-refractivity contribution in [2.45, 2.75) is 45.3 Å². The molecule has 0 unspecified atom stereocenters. The highest BCUT2D eigenvalue weighted by Crippen LogP contribution is 2.21. The monoisotopic (exact) mass is 316 g/mol. The molecule has 5 nitrogen and oxygen atoms in total. The van der Waals surface area contributed by atoms with Crippen molar-refractivity contribution in [1.82, 2.24) is 10.6 Å². The number of ether oxygens (including phenoxy) is 1. The summed E-state index contributed by atoms with van der Waals surface area (Å²) in [4.78, 5) is 23.6. The van der Waals surface area contributed by atoms with E-state index in [4.69, 9.17) is 4.74 Å². The number of carbonyl (C=O) groups is 2. The Balaban J connectivity index is 1.99. The molecule has 1 aliphatic heterocycles. The van der Waals surface area contributed by atoms with Crippen molar-refractivity contribution >= 4 is 17.9 Å². The molecule has 2 atom stereocenters. The van der Waals surface area contributed by atoms with Crippen LogP contribution in [0.1, 0.15) is 38.7 Å². The smallest absolute Gasteiger partial charge is 0.244 e. The Labute approximate surface area is 137 Å². The van der Waals surface area contributed by atoms with Gasteiger partial charge in [-0.15, -0.1) is 0 Å². The number of benzene rings is 1. The minimum absolute atomic E-state index is 0.112. The fraction of sp³-hybridized carbons (Fsp3) is 0.444. The molecule has 2 N–H and O–H groups in total. The number of amides is 2. The molecule has 1 aromatic carbocycles. The molecule has 1 aromatic rings. The highest BCUT2D eigenvalue weighted by Gasteiger charge is 2.22. The summed E-state index contributed by atoms with van der Waals surface area (Å²) in [6.07, 6.45) is 5.75. The molecule has 5 heteroatoms. The van der Waals surface area contributed by atoms with Gasteiger partial charge in [-0.25, -0.2) is 0 Å². The van der Waals surface area contributed by atoms with Crippen molar-refractivity contribution in [3.8, 4) is 5.75 Å². The fourth-order valence-electron chi connectivity index (χ4n) is 2.32. The van der Waals surface area contributed by atoms with Gasteiger partial charge in [-0.05, 0) is 38.3 Å². The number of rotatable bonds is 6. The maximum atomic E-state index is 12.0. The number of nitrogens with one attached hydrogen (secondary N) is 2. The van der Waals surface area contributed by atoms with E-state index < -0.39 is 6.04 Å². The highest BCUT2D eigenvalue weighted by molar-refractivity contribution is 5.95. The normalized spacial score (nSPS) is 19.2. The summed E-state index contributed by atoms with van der Waals surface area (Å²) in [7, 11) is 0. The lowest BCUT2D eigenvalue weighted by Gasteiger charge is -2.22. The van der Waals surface area contributed by atoms with E-state index >= 15 is 0 Å². The van der Waals surface area contributed by atoms with E-state index in [9.17, 15) is 9.59 Å². The molecular weight excluding hydrogens is 292 g/mol.